The first-order valence-corrected chi connectivity index (χ1v) is 3.89. The summed E-state index contributed by atoms with van der Waals surface area (Å²) in [5.74, 6) is -2.78. The van der Waals surface area contributed by atoms with Gasteiger partial charge in [-0.3, -0.25) is 9.59 Å². The molecule has 0 radical (unpaired) electrons. The van der Waals surface area contributed by atoms with E-state index in [1.54, 1.807) is 0 Å². The Kier molecular flexibility index (Phi) is 3.06. The van der Waals surface area contributed by atoms with Crippen LogP contribution < -0.4 is 11.1 Å². The van der Waals surface area contributed by atoms with Gasteiger partial charge in [0.05, 0.1) is 12.1 Å². The van der Waals surface area contributed by atoms with E-state index in [1.807, 2.05) is 0 Å². The van der Waals surface area contributed by atoms with E-state index in [0.717, 1.165) is 12.3 Å². The molecule has 0 aromatic carbocycles. The fourth-order valence-electron chi connectivity index (χ4n) is 0.822. The van der Waals surface area contributed by atoms with Crippen molar-refractivity contribution in [3.05, 3.63) is 23.7 Å². The lowest BCUT2D eigenvalue weighted by atomic mass is 10.3. The molecule has 0 aliphatic heterocycles. The highest BCUT2D eigenvalue weighted by atomic mass is 16.4. The van der Waals surface area contributed by atoms with Crippen LogP contribution in [0.1, 0.15) is 20.9 Å². The van der Waals surface area contributed by atoms with E-state index in [-0.39, 0.29) is 17.9 Å². The van der Waals surface area contributed by atoms with Crippen LogP contribution in [0, 0.1) is 0 Å². The molecule has 80 valence electrons. The highest BCUT2D eigenvalue weighted by Gasteiger charge is 2.14. The van der Waals surface area contributed by atoms with Crippen LogP contribution in [0.5, 0.6) is 0 Å². The normalized spacial score (nSPS) is 9.60. The van der Waals surface area contributed by atoms with Crippen molar-refractivity contribution in [3.8, 4) is 0 Å². The summed E-state index contributed by atoms with van der Waals surface area (Å²) in [6, 6.07) is 1.05. The molecule has 0 saturated carbocycles. The van der Waals surface area contributed by atoms with Gasteiger partial charge in [-0.1, -0.05) is 0 Å². The lowest BCUT2D eigenvalue weighted by Crippen LogP contribution is -2.33. The van der Waals surface area contributed by atoms with Gasteiger partial charge in [0, 0.05) is 6.07 Å². The molecule has 4 N–H and O–H groups in total. The first kappa shape index (κ1) is 10.8. The Morgan fingerprint density at radius 2 is 2.13 bits per heavy atom. The van der Waals surface area contributed by atoms with Gasteiger partial charge in [-0.2, -0.15) is 0 Å². The van der Waals surface area contributed by atoms with Crippen molar-refractivity contribution in [2.75, 3.05) is 6.54 Å². The number of nitrogens with one attached hydrogen (secondary N) is 1. The Hall–Kier alpha value is -2.31. The van der Waals surface area contributed by atoms with Crippen molar-refractivity contribution in [2.45, 2.75) is 0 Å². The maximum atomic E-state index is 11.2. The predicted octanol–water partition coefficient (Wildman–Crippen LogP) is -0.807. The zero-order valence-corrected chi connectivity index (χ0v) is 7.52. The number of furan rings is 1. The summed E-state index contributed by atoms with van der Waals surface area (Å²) in [5.41, 5.74) is 4.65. The van der Waals surface area contributed by atoms with E-state index in [0.29, 0.717) is 0 Å². The molecular formula is C8H8N2O5. The first-order chi connectivity index (χ1) is 7.00. The van der Waals surface area contributed by atoms with Gasteiger partial charge >= 0.3 is 5.97 Å². The van der Waals surface area contributed by atoms with Gasteiger partial charge in [-0.25, -0.2) is 4.79 Å². The number of hydrogen-bond donors (Lipinski definition) is 3. The summed E-state index contributed by atoms with van der Waals surface area (Å²) in [7, 11) is 0. The Balaban J connectivity index is 2.66. The number of amides is 2. The second-order valence-electron chi connectivity index (χ2n) is 2.65. The zero-order valence-electron chi connectivity index (χ0n) is 7.52. The molecule has 7 nitrogen and oxygen atoms in total. The molecule has 0 aliphatic rings. The number of aromatic carboxylic acids is 1. The molecule has 0 bridgehead atoms. The molecule has 0 saturated heterocycles. The van der Waals surface area contributed by atoms with Gasteiger partial charge in [0.1, 0.15) is 6.26 Å². The van der Waals surface area contributed by atoms with Crippen molar-refractivity contribution in [2.24, 2.45) is 5.73 Å². The van der Waals surface area contributed by atoms with Crippen molar-refractivity contribution in [1.82, 2.24) is 5.32 Å². The van der Waals surface area contributed by atoms with Crippen LogP contribution in [0.4, 0.5) is 0 Å². The van der Waals surface area contributed by atoms with Gasteiger partial charge in [-0.05, 0) is 0 Å². The number of nitrogens with two attached hydrogens (primary N) is 1. The molecule has 1 heterocycles. The van der Waals surface area contributed by atoms with Crippen molar-refractivity contribution in [1.29, 1.82) is 0 Å². The van der Waals surface area contributed by atoms with Crippen LogP contribution >= 0.6 is 0 Å². The highest BCUT2D eigenvalue weighted by Crippen LogP contribution is 2.07. The third kappa shape index (κ3) is 2.83. The van der Waals surface area contributed by atoms with Crippen LogP contribution in [0.3, 0.4) is 0 Å². The Morgan fingerprint density at radius 3 is 2.60 bits per heavy atom. The molecule has 1 rings (SSSR count). The summed E-state index contributed by atoms with van der Waals surface area (Å²) in [6.07, 6.45) is 0.932. The standard InChI is InChI=1S/C8H8N2O5/c9-6(11)2-10-7(12)5-1-4(3-15-5)8(13)14/h1,3H,2H2,(H2,9,11)(H,10,12)(H,13,14). The number of carbonyl (C=O) groups excluding carboxylic acids is 2. The zero-order chi connectivity index (χ0) is 11.4. The number of carboxylic acids is 1. The molecule has 15 heavy (non-hydrogen) atoms. The molecule has 0 atom stereocenters. The monoisotopic (exact) mass is 212 g/mol. The van der Waals surface area contributed by atoms with Crippen LogP contribution in [-0.2, 0) is 4.79 Å². The topological polar surface area (TPSA) is 123 Å². The molecule has 0 fully saturated rings. The van der Waals surface area contributed by atoms with Crippen molar-refractivity contribution < 1.29 is 23.9 Å². The predicted molar refractivity (Wildman–Crippen MR) is 47.2 cm³/mol. The van der Waals surface area contributed by atoms with Gasteiger partial charge in [0.2, 0.25) is 5.91 Å². The summed E-state index contributed by atoms with van der Waals surface area (Å²) in [6.45, 7) is -0.331. The molecule has 0 spiro atoms. The SMILES string of the molecule is NC(=O)CNC(=O)c1cc(C(=O)O)co1. The third-order valence-corrected chi connectivity index (χ3v) is 1.49. The number of carbonyl (C=O) groups is 3. The maximum Gasteiger partial charge on any atom is 0.338 e. The van der Waals surface area contributed by atoms with Crippen LogP contribution in [0.25, 0.3) is 0 Å². The average molecular weight is 212 g/mol. The van der Waals surface area contributed by atoms with Gasteiger partial charge < -0.3 is 20.6 Å². The summed E-state index contributed by atoms with van der Waals surface area (Å²) in [5, 5.41) is 10.7. The largest absolute Gasteiger partial charge is 0.478 e. The van der Waals surface area contributed by atoms with E-state index < -0.39 is 17.8 Å². The number of hydrogen-bond acceptors (Lipinski definition) is 4. The van der Waals surface area contributed by atoms with Crippen molar-refractivity contribution in [3.63, 3.8) is 0 Å². The minimum Gasteiger partial charge on any atom is -0.478 e. The molecule has 0 aliphatic carbocycles. The Bertz CT molecular complexity index is 409. The molecule has 1 aromatic heterocycles. The Labute approximate surface area is 83.9 Å². The summed E-state index contributed by atoms with van der Waals surface area (Å²) in [4.78, 5) is 31.9. The van der Waals surface area contributed by atoms with Crippen LogP contribution in [-0.4, -0.2) is 29.4 Å². The summed E-state index contributed by atoms with van der Waals surface area (Å²) >= 11 is 0. The first-order valence-electron chi connectivity index (χ1n) is 3.89. The van der Waals surface area contributed by atoms with Gasteiger partial charge in [-0.15, -0.1) is 0 Å². The van der Waals surface area contributed by atoms with E-state index >= 15 is 0 Å². The quantitative estimate of drug-likeness (QED) is 0.602. The summed E-state index contributed by atoms with van der Waals surface area (Å²) < 4.78 is 4.68. The molecule has 7 heteroatoms. The smallest absolute Gasteiger partial charge is 0.338 e. The minimum atomic E-state index is -1.20. The number of primary amides is 1. The number of carboxylic acid groups (broad SMARTS) is 1. The second-order valence-corrected chi connectivity index (χ2v) is 2.65. The van der Waals surface area contributed by atoms with Crippen LogP contribution in [0.2, 0.25) is 0 Å². The molecule has 1 aromatic rings. The maximum absolute atomic E-state index is 11.2. The lowest BCUT2D eigenvalue weighted by Gasteiger charge is -1.97. The minimum absolute atomic E-state index is 0.140. The van der Waals surface area contributed by atoms with Gasteiger partial charge in [0.15, 0.2) is 5.76 Å². The van der Waals surface area contributed by atoms with E-state index in [4.69, 9.17) is 10.8 Å². The fourth-order valence-corrected chi connectivity index (χ4v) is 0.822. The van der Waals surface area contributed by atoms with E-state index in [2.05, 4.69) is 9.73 Å². The van der Waals surface area contributed by atoms with Crippen molar-refractivity contribution >= 4 is 17.8 Å². The second kappa shape index (κ2) is 4.27. The van der Waals surface area contributed by atoms with E-state index in [1.165, 1.54) is 0 Å². The molecule has 0 unspecified atom stereocenters. The lowest BCUT2D eigenvalue weighted by molar-refractivity contribution is -0.117. The highest BCUT2D eigenvalue weighted by molar-refractivity contribution is 5.96. The van der Waals surface area contributed by atoms with Crippen LogP contribution in [0.15, 0.2) is 16.7 Å². The van der Waals surface area contributed by atoms with Gasteiger partial charge in [0.25, 0.3) is 5.91 Å². The fraction of sp³-hybridized carbons (Fsp3) is 0.125. The Morgan fingerprint density at radius 1 is 1.47 bits per heavy atom. The molecule has 2 amide bonds. The number of rotatable bonds is 4. The molecular weight excluding hydrogens is 204 g/mol. The third-order valence-electron chi connectivity index (χ3n) is 1.49. The average Bonchev–Trinajstić information content (AvgIpc) is 2.62. The van der Waals surface area contributed by atoms with E-state index in [9.17, 15) is 14.4 Å².